The van der Waals surface area contributed by atoms with Crippen molar-refractivity contribution in [1.82, 2.24) is 25.2 Å². The molecule has 1 N–H and O–H groups in total. The van der Waals surface area contributed by atoms with Gasteiger partial charge in [-0.1, -0.05) is 5.21 Å². The summed E-state index contributed by atoms with van der Waals surface area (Å²) < 4.78 is 1.95. The van der Waals surface area contributed by atoms with E-state index in [2.05, 4.69) is 38.9 Å². The Kier molecular flexibility index (Phi) is 4.14. The van der Waals surface area contributed by atoms with Crippen molar-refractivity contribution in [3.63, 3.8) is 0 Å². The minimum Gasteiger partial charge on any atom is -0.314 e. The SMILES string of the molecule is CNCc1cn(CCN2CCc3sccc3C2C)nn1. The highest BCUT2D eigenvalue weighted by molar-refractivity contribution is 7.10. The Balaban J connectivity index is 1.58. The molecule has 0 fully saturated rings. The van der Waals surface area contributed by atoms with Crippen LogP contribution in [0.1, 0.15) is 29.1 Å². The summed E-state index contributed by atoms with van der Waals surface area (Å²) in [7, 11) is 1.92. The highest BCUT2D eigenvalue weighted by atomic mass is 32.1. The van der Waals surface area contributed by atoms with Gasteiger partial charge < -0.3 is 5.32 Å². The molecule has 108 valence electrons. The fourth-order valence-corrected chi connectivity index (χ4v) is 3.77. The first-order chi connectivity index (χ1) is 9.78. The van der Waals surface area contributed by atoms with Crippen LogP contribution in [-0.2, 0) is 19.5 Å². The van der Waals surface area contributed by atoms with Crippen molar-refractivity contribution in [3.8, 4) is 0 Å². The largest absolute Gasteiger partial charge is 0.314 e. The third-order valence-electron chi connectivity index (χ3n) is 3.96. The van der Waals surface area contributed by atoms with Gasteiger partial charge >= 0.3 is 0 Å². The van der Waals surface area contributed by atoms with Gasteiger partial charge in [-0.2, -0.15) is 0 Å². The lowest BCUT2D eigenvalue weighted by molar-refractivity contribution is 0.189. The normalized spacial score (nSPS) is 19.2. The van der Waals surface area contributed by atoms with Crippen LogP contribution < -0.4 is 5.32 Å². The minimum absolute atomic E-state index is 0.519. The molecule has 0 aliphatic carbocycles. The Hall–Kier alpha value is -1.24. The van der Waals surface area contributed by atoms with Crippen molar-refractivity contribution >= 4 is 11.3 Å². The molecule has 0 aromatic carbocycles. The predicted octanol–water partition coefficient (Wildman–Crippen LogP) is 1.68. The summed E-state index contributed by atoms with van der Waals surface area (Å²) in [4.78, 5) is 4.10. The van der Waals surface area contributed by atoms with Crippen LogP contribution in [0, 0.1) is 0 Å². The second kappa shape index (κ2) is 6.03. The first kappa shape index (κ1) is 13.7. The predicted molar refractivity (Wildman–Crippen MR) is 80.8 cm³/mol. The zero-order valence-corrected chi connectivity index (χ0v) is 12.9. The smallest absolute Gasteiger partial charge is 0.0964 e. The quantitative estimate of drug-likeness (QED) is 0.910. The van der Waals surface area contributed by atoms with Gasteiger partial charge in [0.1, 0.15) is 0 Å². The number of nitrogens with zero attached hydrogens (tertiary/aromatic N) is 4. The summed E-state index contributed by atoms with van der Waals surface area (Å²) >= 11 is 1.89. The molecule has 1 unspecified atom stereocenters. The van der Waals surface area contributed by atoms with Gasteiger partial charge in [0.25, 0.3) is 0 Å². The number of hydrogen-bond donors (Lipinski definition) is 1. The van der Waals surface area contributed by atoms with Crippen LogP contribution in [0.4, 0.5) is 0 Å². The molecule has 0 saturated carbocycles. The van der Waals surface area contributed by atoms with E-state index >= 15 is 0 Å². The van der Waals surface area contributed by atoms with Gasteiger partial charge in [-0.3, -0.25) is 9.58 Å². The van der Waals surface area contributed by atoms with Gasteiger partial charge in [0.15, 0.2) is 0 Å². The van der Waals surface area contributed by atoms with Crippen molar-refractivity contribution in [2.24, 2.45) is 0 Å². The molecule has 6 heteroatoms. The van der Waals surface area contributed by atoms with Crippen LogP contribution >= 0.6 is 11.3 Å². The molecule has 1 aliphatic rings. The van der Waals surface area contributed by atoms with Crippen molar-refractivity contribution in [2.45, 2.75) is 32.5 Å². The van der Waals surface area contributed by atoms with E-state index in [1.807, 2.05) is 29.3 Å². The van der Waals surface area contributed by atoms with Crippen LogP contribution in [0.25, 0.3) is 0 Å². The molecule has 0 spiro atoms. The standard InChI is InChI=1S/C14H21N5S/c1-11-13-4-8-20-14(13)3-5-18(11)6-7-19-10-12(9-15-2)16-17-19/h4,8,10-11,15H,3,5-7,9H2,1-2H3. The average molecular weight is 291 g/mol. The number of thiophene rings is 1. The van der Waals surface area contributed by atoms with E-state index in [9.17, 15) is 0 Å². The molecule has 0 saturated heterocycles. The fraction of sp³-hybridized carbons (Fsp3) is 0.571. The van der Waals surface area contributed by atoms with E-state index in [-0.39, 0.29) is 0 Å². The summed E-state index contributed by atoms with van der Waals surface area (Å²) in [5, 5.41) is 13.6. The average Bonchev–Trinajstić information content (AvgIpc) is 3.08. The van der Waals surface area contributed by atoms with Gasteiger partial charge in [-0.25, -0.2) is 0 Å². The van der Waals surface area contributed by atoms with Gasteiger partial charge in [0, 0.05) is 36.8 Å². The molecular formula is C14H21N5S. The fourth-order valence-electron chi connectivity index (χ4n) is 2.81. The van der Waals surface area contributed by atoms with Crippen molar-refractivity contribution < 1.29 is 0 Å². The van der Waals surface area contributed by atoms with Gasteiger partial charge in [-0.05, 0) is 37.4 Å². The number of fused-ring (bicyclic) bond motifs is 1. The number of rotatable bonds is 5. The Morgan fingerprint density at radius 3 is 3.20 bits per heavy atom. The van der Waals surface area contributed by atoms with E-state index in [4.69, 9.17) is 0 Å². The maximum absolute atomic E-state index is 4.18. The zero-order valence-electron chi connectivity index (χ0n) is 12.0. The molecule has 5 nitrogen and oxygen atoms in total. The monoisotopic (exact) mass is 291 g/mol. The Labute approximate surface area is 123 Å². The van der Waals surface area contributed by atoms with Gasteiger partial charge in [0.05, 0.1) is 12.2 Å². The lowest BCUT2D eigenvalue weighted by Gasteiger charge is -2.33. The van der Waals surface area contributed by atoms with Crippen LogP contribution in [0.3, 0.4) is 0 Å². The summed E-state index contributed by atoms with van der Waals surface area (Å²) in [6.07, 6.45) is 3.21. The Morgan fingerprint density at radius 1 is 1.45 bits per heavy atom. The topological polar surface area (TPSA) is 46.0 Å². The van der Waals surface area contributed by atoms with Crippen molar-refractivity contribution in [3.05, 3.63) is 33.8 Å². The molecule has 3 rings (SSSR count). The lowest BCUT2D eigenvalue weighted by Crippen LogP contribution is -2.35. The summed E-state index contributed by atoms with van der Waals surface area (Å²) in [6, 6.07) is 2.79. The van der Waals surface area contributed by atoms with Gasteiger partial charge in [-0.15, -0.1) is 16.4 Å². The van der Waals surface area contributed by atoms with E-state index < -0.39 is 0 Å². The Morgan fingerprint density at radius 2 is 2.35 bits per heavy atom. The van der Waals surface area contributed by atoms with Crippen LogP contribution in [0.5, 0.6) is 0 Å². The molecule has 1 atom stereocenters. The third kappa shape index (κ3) is 2.77. The van der Waals surface area contributed by atoms with Crippen LogP contribution in [0.15, 0.2) is 17.6 Å². The number of hydrogen-bond acceptors (Lipinski definition) is 5. The van der Waals surface area contributed by atoms with Crippen molar-refractivity contribution in [2.75, 3.05) is 20.1 Å². The van der Waals surface area contributed by atoms with E-state index in [1.54, 1.807) is 4.88 Å². The van der Waals surface area contributed by atoms with E-state index in [0.717, 1.165) is 31.9 Å². The Bertz CT molecular complexity index is 561. The maximum atomic E-state index is 4.18. The maximum Gasteiger partial charge on any atom is 0.0964 e. The second-order valence-electron chi connectivity index (χ2n) is 5.26. The minimum atomic E-state index is 0.519. The molecule has 0 bridgehead atoms. The third-order valence-corrected chi connectivity index (χ3v) is 4.96. The van der Waals surface area contributed by atoms with Gasteiger partial charge in [0.2, 0.25) is 0 Å². The second-order valence-corrected chi connectivity index (χ2v) is 6.27. The summed E-state index contributed by atoms with van der Waals surface area (Å²) in [5.74, 6) is 0. The highest BCUT2D eigenvalue weighted by Gasteiger charge is 2.24. The van der Waals surface area contributed by atoms with E-state index in [1.165, 1.54) is 12.0 Å². The highest BCUT2D eigenvalue weighted by Crippen LogP contribution is 2.32. The van der Waals surface area contributed by atoms with Crippen LogP contribution in [-0.4, -0.2) is 40.0 Å². The molecular weight excluding hydrogens is 270 g/mol. The van der Waals surface area contributed by atoms with E-state index in [0.29, 0.717) is 6.04 Å². The van der Waals surface area contributed by atoms with Crippen molar-refractivity contribution in [1.29, 1.82) is 0 Å². The summed E-state index contributed by atoms with van der Waals surface area (Å²) in [6.45, 7) is 6.16. The number of nitrogens with one attached hydrogen (secondary N) is 1. The summed E-state index contributed by atoms with van der Waals surface area (Å²) in [5.41, 5.74) is 2.51. The lowest BCUT2D eigenvalue weighted by atomic mass is 10.0. The molecule has 1 aliphatic heterocycles. The molecule has 0 radical (unpaired) electrons. The molecule has 20 heavy (non-hydrogen) atoms. The zero-order chi connectivity index (χ0) is 13.9. The first-order valence-corrected chi connectivity index (χ1v) is 8.00. The molecule has 0 amide bonds. The first-order valence-electron chi connectivity index (χ1n) is 7.12. The van der Waals surface area contributed by atoms with Crippen LogP contribution in [0.2, 0.25) is 0 Å². The molecule has 2 aromatic rings. The molecule has 3 heterocycles. The molecule has 2 aromatic heterocycles. The number of aromatic nitrogens is 3.